The predicted molar refractivity (Wildman–Crippen MR) is 118 cm³/mol. The van der Waals surface area contributed by atoms with Crippen LogP contribution in [0.4, 0.5) is 0 Å². The summed E-state index contributed by atoms with van der Waals surface area (Å²) >= 11 is 0. The van der Waals surface area contributed by atoms with E-state index in [9.17, 15) is 10.2 Å². The summed E-state index contributed by atoms with van der Waals surface area (Å²) in [5, 5.41) is 25.0. The van der Waals surface area contributed by atoms with Crippen LogP contribution >= 0.6 is 0 Å². The number of hydrogen-bond acceptors (Lipinski definition) is 4. The van der Waals surface area contributed by atoms with Crippen LogP contribution in [0.2, 0.25) is 0 Å². The number of ether oxygens (including phenoxy) is 1. The molecule has 0 amide bonds. The molecule has 0 aliphatic heterocycles. The van der Waals surface area contributed by atoms with Gasteiger partial charge in [-0.25, -0.2) is 0 Å². The lowest BCUT2D eigenvalue weighted by Crippen LogP contribution is -2.46. The van der Waals surface area contributed by atoms with Gasteiger partial charge in [0.1, 0.15) is 11.5 Å². The molecule has 0 spiro atoms. The van der Waals surface area contributed by atoms with Crippen LogP contribution in [0, 0.1) is 17.3 Å². The van der Waals surface area contributed by atoms with Gasteiger partial charge >= 0.3 is 0 Å². The Morgan fingerprint density at radius 1 is 1.17 bits per heavy atom. The topological polar surface area (TPSA) is 61.7 Å². The van der Waals surface area contributed by atoms with Crippen molar-refractivity contribution in [2.45, 2.75) is 63.6 Å². The molecule has 0 bridgehead atoms. The van der Waals surface area contributed by atoms with Crippen molar-refractivity contribution in [3.63, 3.8) is 0 Å². The number of nitrogens with one attached hydrogen (secondary N) is 1. The van der Waals surface area contributed by atoms with Gasteiger partial charge in [0.15, 0.2) is 0 Å². The van der Waals surface area contributed by atoms with Gasteiger partial charge in [-0.15, -0.1) is 0 Å². The first-order valence-corrected chi connectivity index (χ1v) is 11.4. The summed E-state index contributed by atoms with van der Waals surface area (Å²) in [6.07, 6.45) is 5.20. The van der Waals surface area contributed by atoms with E-state index in [4.69, 9.17) is 4.74 Å². The first kappa shape index (κ1) is 19.9. The maximum absolute atomic E-state index is 11.3. The first-order chi connectivity index (χ1) is 14.5. The molecule has 0 heterocycles. The van der Waals surface area contributed by atoms with E-state index in [0.717, 1.165) is 37.0 Å². The highest BCUT2D eigenvalue weighted by Gasteiger charge is 2.57. The van der Waals surface area contributed by atoms with E-state index in [-0.39, 0.29) is 17.6 Å². The highest BCUT2D eigenvalue weighted by molar-refractivity contribution is 5.41. The van der Waals surface area contributed by atoms with E-state index in [1.807, 2.05) is 18.2 Å². The van der Waals surface area contributed by atoms with Gasteiger partial charge in [0.2, 0.25) is 0 Å². The average Bonchev–Trinajstić information content (AvgIpc) is 3.03. The molecule has 2 aromatic rings. The van der Waals surface area contributed by atoms with Crippen molar-refractivity contribution >= 4 is 0 Å². The van der Waals surface area contributed by atoms with Gasteiger partial charge in [-0.1, -0.05) is 31.2 Å². The molecule has 6 atom stereocenters. The van der Waals surface area contributed by atoms with Crippen molar-refractivity contribution in [2.75, 3.05) is 7.11 Å². The third kappa shape index (κ3) is 3.12. The Kier molecular flexibility index (Phi) is 5.03. The van der Waals surface area contributed by atoms with Gasteiger partial charge in [-0.2, -0.15) is 0 Å². The lowest BCUT2D eigenvalue weighted by Gasteiger charge is -2.50. The van der Waals surface area contributed by atoms with E-state index in [1.54, 1.807) is 13.2 Å². The van der Waals surface area contributed by atoms with E-state index < -0.39 is 0 Å². The van der Waals surface area contributed by atoms with Crippen molar-refractivity contribution in [2.24, 2.45) is 17.3 Å². The van der Waals surface area contributed by atoms with Crippen molar-refractivity contribution in [3.05, 3.63) is 59.2 Å². The van der Waals surface area contributed by atoms with E-state index in [1.165, 1.54) is 17.5 Å². The van der Waals surface area contributed by atoms with Crippen LogP contribution < -0.4 is 10.1 Å². The number of benzene rings is 2. The molecule has 2 aromatic carbocycles. The normalized spacial score (nSPS) is 34.7. The number of rotatable bonds is 4. The van der Waals surface area contributed by atoms with Gasteiger partial charge in [0.05, 0.1) is 13.2 Å². The lowest BCUT2D eigenvalue weighted by molar-refractivity contribution is -0.0281. The zero-order chi connectivity index (χ0) is 20.9. The Labute approximate surface area is 179 Å². The number of fused-ring (bicyclic) bond motifs is 5. The molecule has 4 heteroatoms. The fraction of sp³-hybridized carbons (Fsp3) is 0.538. The Morgan fingerprint density at radius 2 is 2.00 bits per heavy atom. The molecular weight excluding hydrogens is 374 g/mol. The maximum atomic E-state index is 11.3. The number of aliphatic hydroxyl groups is 1. The SMILES string of the molecule is COc1ccc2c(c1)CC[C@@H]1[C@@H]2CC[C@@]2(C)[C@@H](O)[C@@H](NCc3ccccc3O)C[C@@H]12. The van der Waals surface area contributed by atoms with Crippen LogP contribution in [0.3, 0.4) is 0 Å². The predicted octanol–water partition coefficient (Wildman–Crippen LogP) is 4.39. The second-order valence-corrected chi connectivity index (χ2v) is 9.82. The van der Waals surface area contributed by atoms with Crippen molar-refractivity contribution in [1.29, 1.82) is 0 Å². The Balaban J connectivity index is 1.35. The molecule has 30 heavy (non-hydrogen) atoms. The largest absolute Gasteiger partial charge is 0.508 e. The quantitative estimate of drug-likeness (QED) is 0.704. The summed E-state index contributed by atoms with van der Waals surface area (Å²) in [6.45, 7) is 2.90. The summed E-state index contributed by atoms with van der Waals surface area (Å²) in [5.74, 6) is 3.04. The molecule has 3 N–H and O–H groups in total. The Bertz CT molecular complexity index is 928. The van der Waals surface area contributed by atoms with E-state index in [2.05, 4.69) is 30.4 Å². The van der Waals surface area contributed by atoms with Crippen molar-refractivity contribution in [3.8, 4) is 11.5 Å². The number of aromatic hydroxyl groups is 1. The van der Waals surface area contributed by atoms with Crippen LogP contribution in [0.1, 0.15) is 55.2 Å². The molecule has 0 aromatic heterocycles. The molecule has 0 unspecified atom stereocenters. The van der Waals surface area contributed by atoms with Crippen molar-refractivity contribution in [1.82, 2.24) is 5.32 Å². The van der Waals surface area contributed by atoms with E-state index >= 15 is 0 Å². The minimum Gasteiger partial charge on any atom is -0.508 e. The second-order valence-electron chi connectivity index (χ2n) is 9.82. The molecule has 0 radical (unpaired) electrons. The molecule has 4 nitrogen and oxygen atoms in total. The molecule has 3 aliphatic carbocycles. The number of phenolic OH excluding ortho intramolecular Hbond substituents is 1. The summed E-state index contributed by atoms with van der Waals surface area (Å²) < 4.78 is 5.44. The van der Waals surface area contributed by atoms with Crippen LogP contribution in [0.25, 0.3) is 0 Å². The number of para-hydroxylation sites is 1. The van der Waals surface area contributed by atoms with Crippen LogP contribution in [-0.2, 0) is 13.0 Å². The van der Waals surface area contributed by atoms with E-state index in [0.29, 0.717) is 30.0 Å². The standard InChI is InChI=1S/C26H33NO3/c1-26-12-11-20-19-10-8-18(30-2)13-16(19)7-9-21(20)22(26)14-23(25(26)29)27-15-17-5-3-4-6-24(17)28/h3-6,8,10,13,20-23,25,27-29H,7,9,11-12,14-15H2,1-2H3/t20-,21-,22+,23+,25+,26-/m1/s1. The molecule has 160 valence electrons. The lowest BCUT2D eigenvalue weighted by atomic mass is 9.55. The van der Waals surface area contributed by atoms with Gasteiger partial charge in [-0.3, -0.25) is 0 Å². The molecule has 0 saturated heterocycles. The fourth-order valence-electron chi connectivity index (χ4n) is 6.80. The Hall–Kier alpha value is -2.04. The minimum absolute atomic E-state index is 0.0263. The smallest absolute Gasteiger partial charge is 0.120 e. The number of hydrogen-bond donors (Lipinski definition) is 3. The van der Waals surface area contributed by atoms with Gasteiger partial charge in [-0.05, 0) is 84.6 Å². The summed E-state index contributed by atoms with van der Waals surface area (Å²) in [4.78, 5) is 0. The van der Waals surface area contributed by atoms with Gasteiger partial charge in [0, 0.05) is 18.2 Å². The second kappa shape index (κ2) is 7.58. The molecule has 5 rings (SSSR count). The molecule has 2 fully saturated rings. The van der Waals surface area contributed by atoms with Crippen molar-refractivity contribution < 1.29 is 14.9 Å². The highest BCUT2D eigenvalue weighted by Crippen LogP contribution is 2.61. The number of phenols is 1. The Morgan fingerprint density at radius 3 is 2.80 bits per heavy atom. The third-order valence-corrected chi connectivity index (χ3v) is 8.48. The highest BCUT2D eigenvalue weighted by atomic mass is 16.5. The summed E-state index contributed by atoms with van der Waals surface area (Å²) in [5.41, 5.74) is 3.82. The fourth-order valence-corrected chi connectivity index (χ4v) is 6.80. The minimum atomic E-state index is -0.341. The van der Waals surface area contributed by atoms with Crippen LogP contribution in [0.5, 0.6) is 11.5 Å². The molecule has 3 aliphatic rings. The van der Waals surface area contributed by atoms with Gasteiger partial charge < -0.3 is 20.3 Å². The van der Waals surface area contributed by atoms with Crippen LogP contribution in [-0.4, -0.2) is 29.5 Å². The first-order valence-electron chi connectivity index (χ1n) is 11.4. The zero-order valence-corrected chi connectivity index (χ0v) is 18.0. The molecular formula is C26H33NO3. The van der Waals surface area contributed by atoms with Gasteiger partial charge in [0.25, 0.3) is 0 Å². The average molecular weight is 408 g/mol. The van der Waals surface area contributed by atoms with Crippen LogP contribution in [0.15, 0.2) is 42.5 Å². The third-order valence-electron chi connectivity index (χ3n) is 8.48. The number of methoxy groups -OCH3 is 1. The zero-order valence-electron chi connectivity index (χ0n) is 18.0. The number of aryl methyl sites for hydroxylation is 1. The molecule has 2 saturated carbocycles. The monoisotopic (exact) mass is 407 g/mol. The summed E-state index contributed by atoms with van der Waals surface area (Å²) in [7, 11) is 1.74. The summed E-state index contributed by atoms with van der Waals surface area (Å²) in [6, 6.07) is 14.2. The number of aliphatic hydroxyl groups excluding tert-OH is 1. The maximum Gasteiger partial charge on any atom is 0.120 e.